The Balaban J connectivity index is 2.03. The molecular formula is C11H15N2O. The SMILES string of the molecule is CC(c1[c]cccn1)N1CCOCC1. The van der Waals surface area contributed by atoms with Crippen molar-refractivity contribution in [3.8, 4) is 0 Å². The van der Waals surface area contributed by atoms with Crippen molar-refractivity contribution in [2.75, 3.05) is 26.3 Å². The van der Waals surface area contributed by atoms with Gasteiger partial charge in [-0.05, 0) is 13.0 Å². The molecular weight excluding hydrogens is 176 g/mol. The second-order valence-corrected chi connectivity index (χ2v) is 3.49. The lowest BCUT2D eigenvalue weighted by Gasteiger charge is -2.31. The Morgan fingerprint density at radius 2 is 2.29 bits per heavy atom. The smallest absolute Gasteiger partial charge is 0.0651 e. The van der Waals surface area contributed by atoms with Crippen LogP contribution in [-0.2, 0) is 4.74 Å². The summed E-state index contributed by atoms with van der Waals surface area (Å²) < 4.78 is 5.31. The molecule has 3 heteroatoms. The Morgan fingerprint density at radius 3 is 2.93 bits per heavy atom. The van der Waals surface area contributed by atoms with Gasteiger partial charge in [-0.25, -0.2) is 0 Å². The van der Waals surface area contributed by atoms with Crippen molar-refractivity contribution in [2.45, 2.75) is 13.0 Å². The predicted molar refractivity (Wildman–Crippen MR) is 53.9 cm³/mol. The fourth-order valence-corrected chi connectivity index (χ4v) is 1.70. The number of nitrogens with zero attached hydrogens (tertiary/aromatic N) is 2. The lowest BCUT2D eigenvalue weighted by molar-refractivity contribution is 0.0190. The van der Waals surface area contributed by atoms with Gasteiger partial charge in [0.05, 0.1) is 24.9 Å². The molecule has 1 unspecified atom stereocenters. The van der Waals surface area contributed by atoms with E-state index < -0.39 is 0 Å². The van der Waals surface area contributed by atoms with Crippen LogP contribution in [0.15, 0.2) is 18.3 Å². The molecule has 0 aromatic carbocycles. The lowest BCUT2D eigenvalue weighted by atomic mass is 10.2. The third-order valence-electron chi connectivity index (χ3n) is 2.62. The summed E-state index contributed by atoms with van der Waals surface area (Å²) in [6.07, 6.45) is 1.82. The molecule has 1 aliphatic heterocycles. The van der Waals surface area contributed by atoms with Gasteiger partial charge in [0.15, 0.2) is 0 Å². The molecule has 75 valence electrons. The fraction of sp³-hybridized carbons (Fsp3) is 0.545. The zero-order valence-corrected chi connectivity index (χ0v) is 8.44. The number of pyridine rings is 1. The number of hydrogen-bond acceptors (Lipinski definition) is 3. The molecule has 1 fully saturated rings. The molecule has 1 aromatic rings. The van der Waals surface area contributed by atoms with E-state index in [9.17, 15) is 0 Å². The van der Waals surface area contributed by atoms with Crippen LogP contribution in [0.25, 0.3) is 0 Å². The van der Waals surface area contributed by atoms with Crippen LogP contribution < -0.4 is 0 Å². The van der Waals surface area contributed by atoms with Crippen molar-refractivity contribution in [3.63, 3.8) is 0 Å². The fourth-order valence-electron chi connectivity index (χ4n) is 1.70. The number of hydrogen-bond donors (Lipinski definition) is 0. The molecule has 0 spiro atoms. The summed E-state index contributed by atoms with van der Waals surface area (Å²) in [5.41, 5.74) is 1.02. The van der Waals surface area contributed by atoms with Crippen molar-refractivity contribution in [1.82, 2.24) is 9.88 Å². The number of ether oxygens (including phenoxy) is 1. The predicted octanol–water partition coefficient (Wildman–Crippen LogP) is 1.27. The minimum absolute atomic E-state index is 0.347. The van der Waals surface area contributed by atoms with Gasteiger partial charge in [-0.2, -0.15) is 0 Å². The first-order chi connectivity index (χ1) is 6.88. The quantitative estimate of drug-likeness (QED) is 0.704. The Morgan fingerprint density at radius 1 is 1.50 bits per heavy atom. The molecule has 0 N–H and O–H groups in total. The highest BCUT2D eigenvalue weighted by atomic mass is 16.5. The Kier molecular flexibility index (Phi) is 3.11. The van der Waals surface area contributed by atoms with E-state index in [0.717, 1.165) is 32.0 Å². The maximum atomic E-state index is 5.31. The molecule has 1 radical (unpaired) electrons. The number of aromatic nitrogens is 1. The van der Waals surface area contributed by atoms with Crippen LogP contribution in [0.5, 0.6) is 0 Å². The second-order valence-electron chi connectivity index (χ2n) is 3.49. The van der Waals surface area contributed by atoms with E-state index in [1.54, 1.807) is 0 Å². The third kappa shape index (κ3) is 2.11. The average Bonchev–Trinajstić information content (AvgIpc) is 2.30. The molecule has 3 nitrogen and oxygen atoms in total. The highest BCUT2D eigenvalue weighted by Gasteiger charge is 2.18. The van der Waals surface area contributed by atoms with Crippen LogP contribution in [-0.4, -0.2) is 36.2 Å². The van der Waals surface area contributed by atoms with E-state index in [0.29, 0.717) is 6.04 Å². The summed E-state index contributed by atoms with van der Waals surface area (Å²) >= 11 is 0. The molecule has 1 aliphatic rings. The first-order valence-electron chi connectivity index (χ1n) is 5.02. The normalized spacial score (nSPS) is 20.6. The van der Waals surface area contributed by atoms with Gasteiger partial charge >= 0.3 is 0 Å². The highest BCUT2D eigenvalue weighted by molar-refractivity contribution is 5.06. The van der Waals surface area contributed by atoms with Crippen LogP contribution in [0.1, 0.15) is 18.7 Å². The Hall–Kier alpha value is -0.930. The molecule has 14 heavy (non-hydrogen) atoms. The van der Waals surface area contributed by atoms with E-state index in [1.807, 2.05) is 18.3 Å². The van der Waals surface area contributed by atoms with Gasteiger partial charge in [0.2, 0.25) is 0 Å². The monoisotopic (exact) mass is 191 g/mol. The van der Waals surface area contributed by atoms with Crippen molar-refractivity contribution in [3.05, 3.63) is 30.1 Å². The maximum absolute atomic E-state index is 5.31. The average molecular weight is 191 g/mol. The van der Waals surface area contributed by atoms with E-state index in [-0.39, 0.29) is 0 Å². The minimum Gasteiger partial charge on any atom is -0.379 e. The number of morpholine rings is 1. The first-order valence-corrected chi connectivity index (χ1v) is 5.02. The van der Waals surface area contributed by atoms with Crippen LogP contribution in [0.4, 0.5) is 0 Å². The van der Waals surface area contributed by atoms with Gasteiger partial charge in [0.25, 0.3) is 0 Å². The van der Waals surface area contributed by atoms with Crippen LogP contribution in [0.3, 0.4) is 0 Å². The van der Waals surface area contributed by atoms with E-state index in [4.69, 9.17) is 4.74 Å². The molecule has 0 amide bonds. The maximum Gasteiger partial charge on any atom is 0.0651 e. The summed E-state index contributed by atoms with van der Waals surface area (Å²) in [5.74, 6) is 0. The molecule has 1 aromatic heterocycles. The highest BCUT2D eigenvalue weighted by Crippen LogP contribution is 2.17. The van der Waals surface area contributed by atoms with Crippen LogP contribution in [0, 0.1) is 6.07 Å². The van der Waals surface area contributed by atoms with Crippen molar-refractivity contribution < 1.29 is 4.74 Å². The molecule has 2 rings (SSSR count). The third-order valence-corrected chi connectivity index (χ3v) is 2.62. The molecule has 0 aliphatic carbocycles. The van der Waals surface area contributed by atoms with Crippen LogP contribution >= 0.6 is 0 Å². The van der Waals surface area contributed by atoms with Gasteiger partial charge in [-0.15, -0.1) is 0 Å². The number of rotatable bonds is 2. The molecule has 2 heterocycles. The van der Waals surface area contributed by atoms with Gasteiger partial charge in [-0.1, -0.05) is 6.07 Å². The first kappa shape index (κ1) is 9.62. The molecule has 1 atom stereocenters. The summed E-state index contributed by atoms with van der Waals surface area (Å²) in [7, 11) is 0. The van der Waals surface area contributed by atoms with E-state index >= 15 is 0 Å². The Labute approximate surface area is 84.7 Å². The standard InChI is InChI=1S/C11H15N2O/c1-10(11-4-2-3-5-12-11)13-6-8-14-9-7-13/h2-3,5,10H,6-9H2,1H3. The van der Waals surface area contributed by atoms with Crippen molar-refractivity contribution in [1.29, 1.82) is 0 Å². The van der Waals surface area contributed by atoms with Gasteiger partial charge in [-0.3, -0.25) is 9.88 Å². The molecule has 1 saturated heterocycles. The van der Waals surface area contributed by atoms with E-state index in [2.05, 4.69) is 22.9 Å². The topological polar surface area (TPSA) is 25.4 Å². The molecule has 0 bridgehead atoms. The Bertz CT molecular complexity index is 270. The van der Waals surface area contributed by atoms with Crippen molar-refractivity contribution in [2.24, 2.45) is 0 Å². The zero-order valence-electron chi connectivity index (χ0n) is 8.44. The zero-order chi connectivity index (χ0) is 9.80. The minimum atomic E-state index is 0.347. The van der Waals surface area contributed by atoms with Gasteiger partial charge in [0, 0.05) is 25.4 Å². The summed E-state index contributed by atoms with van der Waals surface area (Å²) in [6, 6.07) is 7.33. The summed E-state index contributed by atoms with van der Waals surface area (Å²) in [4.78, 5) is 6.69. The second kappa shape index (κ2) is 4.53. The lowest BCUT2D eigenvalue weighted by Crippen LogP contribution is -2.38. The van der Waals surface area contributed by atoms with Gasteiger partial charge in [0.1, 0.15) is 0 Å². The summed E-state index contributed by atoms with van der Waals surface area (Å²) in [6.45, 7) is 5.82. The van der Waals surface area contributed by atoms with Crippen molar-refractivity contribution >= 4 is 0 Å². The van der Waals surface area contributed by atoms with Crippen LogP contribution in [0.2, 0.25) is 0 Å². The van der Waals surface area contributed by atoms with E-state index in [1.165, 1.54) is 0 Å². The molecule has 0 saturated carbocycles. The van der Waals surface area contributed by atoms with Gasteiger partial charge < -0.3 is 4.74 Å². The summed E-state index contributed by atoms with van der Waals surface area (Å²) in [5, 5.41) is 0. The largest absolute Gasteiger partial charge is 0.379 e.